The number of rotatable bonds is 3. The van der Waals surface area contributed by atoms with Gasteiger partial charge in [0.2, 0.25) is 0 Å². The largest absolute Gasteiger partial charge is 0.324 e. The van der Waals surface area contributed by atoms with Gasteiger partial charge in [0.05, 0.1) is 0 Å². The van der Waals surface area contributed by atoms with Gasteiger partial charge in [-0.15, -0.1) is 0 Å². The van der Waals surface area contributed by atoms with Crippen LogP contribution in [0.2, 0.25) is 0 Å². The van der Waals surface area contributed by atoms with Gasteiger partial charge in [0.25, 0.3) is 0 Å². The number of benzene rings is 1. The second kappa shape index (κ2) is 5.99. The van der Waals surface area contributed by atoms with E-state index in [1.807, 2.05) is 13.0 Å². The van der Waals surface area contributed by atoms with Crippen molar-refractivity contribution in [3.63, 3.8) is 0 Å². The van der Waals surface area contributed by atoms with Crippen LogP contribution in [0.3, 0.4) is 0 Å². The molecule has 2 N–H and O–H groups in total. The number of aryl methyl sites for hydroxylation is 1. The van der Waals surface area contributed by atoms with E-state index in [1.165, 1.54) is 6.07 Å². The van der Waals surface area contributed by atoms with Crippen molar-refractivity contribution in [1.29, 1.82) is 0 Å². The maximum atomic E-state index is 13.4. The van der Waals surface area contributed by atoms with Gasteiger partial charge >= 0.3 is 0 Å². The monoisotopic (exact) mass is 265 g/mol. The van der Waals surface area contributed by atoms with Gasteiger partial charge in [-0.05, 0) is 50.7 Å². The maximum Gasteiger partial charge on any atom is 0.123 e. The van der Waals surface area contributed by atoms with Crippen LogP contribution >= 0.6 is 0 Å². The molecule has 4 heteroatoms. The van der Waals surface area contributed by atoms with Crippen LogP contribution in [0.15, 0.2) is 18.2 Å². The highest BCUT2D eigenvalue weighted by atomic mass is 19.1. The van der Waals surface area contributed by atoms with Crippen LogP contribution in [0.4, 0.5) is 4.39 Å². The Labute approximate surface area is 115 Å². The standard InChI is InChI=1S/C15H24FN3/c1-11-6-12(8-13(16)7-11)15(17)9-14-10-18(2)4-5-19(14)3/h6-8,14-15H,4-5,9-10,17H2,1-3H3. The Morgan fingerprint density at radius 2 is 2.05 bits per heavy atom. The zero-order valence-electron chi connectivity index (χ0n) is 12.1. The molecule has 0 saturated carbocycles. The summed E-state index contributed by atoms with van der Waals surface area (Å²) in [6, 6.07) is 5.42. The van der Waals surface area contributed by atoms with Gasteiger partial charge in [0, 0.05) is 31.7 Å². The molecule has 1 saturated heterocycles. The first-order valence-corrected chi connectivity index (χ1v) is 6.87. The predicted octanol–water partition coefficient (Wildman–Crippen LogP) is 1.77. The van der Waals surface area contributed by atoms with Crippen LogP contribution < -0.4 is 5.73 Å². The van der Waals surface area contributed by atoms with E-state index >= 15 is 0 Å². The Morgan fingerprint density at radius 1 is 1.32 bits per heavy atom. The van der Waals surface area contributed by atoms with E-state index in [2.05, 4.69) is 23.9 Å². The summed E-state index contributed by atoms with van der Waals surface area (Å²) in [7, 11) is 4.28. The van der Waals surface area contributed by atoms with E-state index in [4.69, 9.17) is 5.73 Å². The average Bonchev–Trinajstić information content (AvgIpc) is 2.32. The Balaban J connectivity index is 2.05. The molecule has 3 nitrogen and oxygen atoms in total. The van der Waals surface area contributed by atoms with Gasteiger partial charge < -0.3 is 15.5 Å². The first-order chi connectivity index (χ1) is 8.95. The Kier molecular flexibility index (Phi) is 4.55. The summed E-state index contributed by atoms with van der Waals surface area (Å²) >= 11 is 0. The average molecular weight is 265 g/mol. The highest BCUT2D eigenvalue weighted by Crippen LogP contribution is 2.22. The number of hydrogen-bond donors (Lipinski definition) is 1. The van der Waals surface area contributed by atoms with Crippen LogP contribution in [0.25, 0.3) is 0 Å². The van der Waals surface area contributed by atoms with Crippen molar-refractivity contribution in [3.8, 4) is 0 Å². The van der Waals surface area contributed by atoms with Gasteiger partial charge in [0.1, 0.15) is 5.82 Å². The molecule has 2 unspecified atom stereocenters. The zero-order chi connectivity index (χ0) is 14.0. The number of piperazine rings is 1. The molecule has 1 heterocycles. The van der Waals surface area contributed by atoms with Crippen molar-refractivity contribution in [1.82, 2.24) is 9.80 Å². The van der Waals surface area contributed by atoms with E-state index < -0.39 is 0 Å². The summed E-state index contributed by atoms with van der Waals surface area (Å²) in [6.45, 7) is 5.09. The SMILES string of the molecule is Cc1cc(F)cc(C(N)CC2CN(C)CCN2C)c1. The number of hydrogen-bond acceptors (Lipinski definition) is 3. The quantitative estimate of drug-likeness (QED) is 0.904. The van der Waals surface area contributed by atoms with Crippen LogP contribution in [0, 0.1) is 12.7 Å². The summed E-state index contributed by atoms with van der Waals surface area (Å²) in [5.41, 5.74) is 8.09. The fourth-order valence-corrected chi connectivity index (χ4v) is 2.76. The van der Waals surface area contributed by atoms with Crippen molar-refractivity contribution in [3.05, 3.63) is 35.1 Å². The molecule has 1 aliphatic rings. The van der Waals surface area contributed by atoms with Gasteiger partial charge in [-0.1, -0.05) is 6.07 Å². The highest BCUT2D eigenvalue weighted by molar-refractivity contribution is 5.26. The molecule has 0 spiro atoms. The van der Waals surface area contributed by atoms with Gasteiger partial charge in [-0.3, -0.25) is 0 Å². The third-order valence-electron chi connectivity index (χ3n) is 4.00. The van der Waals surface area contributed by atoms with Crippen molar-refractivity contribution in [2.75, 3.05) is 33.7 Å². The number of nitrogens with zero attached hydrogens (tertiary/aromatic N) is 2. The van der Waals surface area contributed by atoms with Crippen LogP contribution in [-0.4, -0.2) is 49.6 Å². The second-order valence-corrected chi connectivity index (χ2v) is 5.80. The van der Waals surface area contributed by atoms with Gasteiger partial charge in [-0.25, -0.2) is 4.39 Å². The zero-order valence-corrected chi connectivity index (χ0v) is 12.1. The first-order valence-electron chi connectivity index (χ1n) is 6.87. The van der Waals surface area contributed by atoms with E-state index in [9.17, 15) is 4.39 Å². The number of nitrogens with two attached hydrogens (primary N) is 1. The molecule has 0 radical (unpaired) electrons. The Hall–Kier alpha value is -0.970. The molecule has 0 amide bonds. The first kappa shape index (κ1) is 14.4. The lowest BCUT2D eigenvalue weighted by molar-refractivity contribution is 0.104. The minimum Gasteiger partial charge on any atom is -0.324 e. The van der Waals surface area contributed by atoms with Crippen LogP contribution in [-0.2, 0) is 0 Å². The molecule has 1 aromatic carbocycles. The van der Waals surface area contributed by atoms with E-state index in [1.54, 1.807) is 6.07 Å². The summed E-state index contributed by atoms with van der Waals surface area (Å²) < 4.78 is 13.4. The van der Waals surface area contributed by atoms with Crippen molar-refractivity contribution in [2.45, 2.75) is 25.4 Å². The smallest absolute Gasteiger partial charge is 0.123 e. The molecule has 0 aliphatic carbocycles. The molecule has 0 bridgehead atoms. The summed E-state index contributed by atoms with van der Waals surface area (Å²) in [4.78, 5) is 4.68. The van der Waals surface area contributed by atoms with E-state index in [-0.39, 0.29) is 11.9 Å². The van der Waals surface area contributed by atoms with Crippen molar-refractivity contribution < 1.29 is 4.39 Å². The lowest BCUT2D eigenvalue weighted by atomic mass is 9.96. The topological polar surface area (TPSA) is 32.5 Å². The van der Waals surface area contributed by atoms with Crippen molar-refractivity contribution in [2.24, 2.45) is 5.73 Å². The lowest BCUT2D eigenvalue weighted by Crippen LogP contribution is -2.50. The summed E-state index contributed by atoms with van der Waals surface area (Å²) in [6.07, 6.45) is 0.865. The highest BCUT2D eigenvalue weighted by Gasteiger charge is 2.24. The van der Waals surface area contributed by atoms with Gasteiger partial charge in [-0.2, -0.15) is 0 Å². The van der Waals surface area contributed by atoms with Crippen LogP contribution in [0.5, 0.6) is 0 Å². The third kappa shape index (κ3) is 3.75. The fraction of sp³-hybridized carbons (Fsp3) is 0.600. The van der Waals surface area contributed by atoms with E-state index in [0.29, 0.717) is 6.04 Å². The maximum absolute atomic E-state index is 13.4. The molecule has 0 aromatic heterocycles. The molecule has 2 atom stereocenters. The molecule has 2 rings (SSSR count). The summed E-state index contributed by atoms with van der Waals surface area (Å²) in [5, 5.41) is 0. The minimum absolute atomic E-state index is 0.103. The number of likely N-dealkylation sites (N-methyl/N-ethyl adjacent to an activating group) is 2. The summed E-state index contributed by atoms with van der Waals surface area (Å²) in [5.74, 6) is -0.195. The fourth-order valence-electron chi connectivity index (χ4n) is 2.76. The normalized spacial score (nSPS) is 23.5. The third-order valence-corrected chi connectivity index (χ3v) is 4.00. The molecule has 19 heavy (non-hydrogen) atoms. The van der Waals surface area contributed by atoms with Crippen molar-refractivity contribution >= 4 is 0 Å². The molecular formula is C15H24FN3. The molecule has 1 aromatic rings. The van der Waals surface area contributed by atoms with Gasteiger partial charge in [0.15, 0.2) is 0 Å². The van der Waals surface area contributed by atoms with E-state index in [0.717, 1.165) is 37.2 Å². The molecule has 106 valence electrons. The molecule has 1 fully saturated rings. The predicted molar refractivity (Wildman–Crippen MR) is 76.6 cm³/mol. The minimum atomic E-state index is -0.195. The Morgan fingerprint density at radius 3 is 2.74 bits per heavy atom. The van der Waals surface area contributed by atoms with Crippen LogP contribution in [0.1, 0.15) is 23.6 Å². The number of halogens is 1. The molecule has 1 aliphatic heterocycles. The Bertz CT molecular complexity index is 415. The molecular weight excluding hydrogens is 241 g/mol. The lowest BCUT2D eigenvalue weighted by Gasteiger charge is -2.38. The second-order valence-electron chi connectivity index (χ2n) is 5.80.